The maximum absolute atomic E-state index is 12.7. The largest absolute Gasteiger partial charge is 0.478 e. The van der Waals surface area contributed by atoms with Crippen LogP contribution >= 0.6 is 11.3 Å². The maximum atomic E-state index is 12.7. The third-order valence-corrected chi connectivity index (χ3v) is 7.28. The third kappa shape index (κ3) is 3.86. The molecule has 1 aliphatic rings. The van der Waals surface area contributed by atoms with Crippen LogP contribution in [0.15, 0.2) is 72.1 Å². The highest BCUT2D eigenvalue weighted by Gasteiger charge is 2.29. The summed E-state index contributed by atoms with van der Waals surface area (Å²) in [6.45, 7) is 4.16. The van der Waals surface area contributed by atoms with Crippen molar-refractivity contribution in [2.75, 3.05) is 11.9 Å². The van der Waals surface area contributed by atoms with Crippen LogP contribution in [0, 0.1) is 13.8 Å². The first-order chi connectivity index (χ1) is 16.4. The molecule has 0 fully saturated rings. The molecule has 1 amide bonds. The van der Waals surface area contributed by atoms with Crippen molar-refractivity contribution in [2.45, 2.75) is 19.8 Å². The first-order valence-corrected chi connectivity index (χ1v) is 11.9. The highest BCUT2D eigenvalue weighted by molar-refractivity contribution is 7.15. The smallest absolute Gasteiger partial charge is 0.412 e. The Morgan fingerprint density at radius 3 is 2.18 bits per heavy atom. The van der Waals surface area contributed by atoms with Crippen molar-refractivity contribution in [1.29, 1.82) is 0 Å². The molecule has 1 aliphatic carbocycles. The summed E-state index contributed by atoms with van der Waals surface area (Å²) in [6.07, 6.45) is -0.669. The standard InChI is InChI=1S/C28H23NO4S/c1-16-11-12-18(13-17(16)2)24-15-34-26(25(24)27(30)31)29-28(32)33-14-23-21-9-5-3-7-19(21)20-8-4-6-10-22(20)23/h3-13,15,23H,14H2,1-2H3,(H,29,32)(H,30,31). The molecular formula is C28H23NO4S. The van der Waals surface area contributed by atoms with Gasteiger partial charge in [0, 0.05) is 16.9 Å². The number of nitrogens with one attached hydrogen (secondary N) is 1. The number of hydrogen-bond acceptors (Lipinski definition) is 4. The van der Waals surface area contributed by atoms with Gasteiger partial charge in [-0.25, -0.2) is 9.59 Å². The molecule has 0 saturated carbocycles. The molecule has 0 bridgehead atoms. The second kappa shape index (κ2) is 8.80. The van der Waals surface area contributed by atoms with Gasteiger partial charge in [-0.15, -0.1) is 11.3 Å². The van der Waals surface area contributed by atoms with Crippen molar-refractivity contribution >= 4 is 28.4 Å². The number of anilines is 1. The van der Waals surface area contributed by atoms with Gasteiger partial charge >= 0.3 is 12.1 Å². The van der Waals surface area contributed by atoms with E-state index in [-0.39, 0.29) is 23.1 Å². The van der Waals surface area contributed by atoms with Crippen LogP contribution in [0.3, 0.4) is 0 Å². The second-order valence-electron chi connectivity index (χ2n) is 8.41. The van der Waals surface area contributed by atoms with Crippen LogP contribution in [-0.2, 0) is 4.74 Å². The number of carboxylic acid groups (broad SMARTS) is 1. The Kier molecular flexibility index (Phi) is 5.67. The van der Waals surface area contributed by atoms with Gasteiger partial charge in [-0.05, 0) is 52.8 Å². The molecule has 170 valence electrons. The van der Waals surface area contributed by atoms with E-state index < -0.39 is 12.1 Å². The van der Waals surface area contributed by atoms with Crippen LogP contribution in [0.5, 0.6) is 0 Å². The van der Waals surface area contributed by atoms with Crippen LogP contribution in [0.4, 0.5) is 9.80 Å². The number of carboxylic acids is 1. The molecule has 0 atom stereocenters. The van der Waals surface area contributed by atoms with Gasteiger partial charge in [-0.1, -0.05) is 66.7 Å². The van der Waals surface area contributed by atoms with E-state index in [0.717, 1.165) is 38.9 Å². The van der Waals surface area contributed by atoms with E-state index in [0.29, 0.717) is 5.56 Å². The van der Waals surface area contributed by atoms with E-state index in [2.05, 4.69) is 29.6 Å². The fourth-order valence-electron chi connectivity index (χ4n) is 4.51. The summed E-state index contributed by atoms with van der Waals surface area (Å²) in [5.41, 5.74) is 8.20. The predicted octanol–water partition coefficient (Wildman–Crippen LogP) is 7.09. The van der Waals surface area contributed by atoms with Crippen molar-refractivity contribution in [3.8, 4) is 22.3 Å². The summed E-state index contributed by atoms with van der Waals surface area (Å²) in [5.74, 6) is -1.16. The number of amides is 1. The zero-order valence-corrected chi connectivity index (χ0v) is 19.6. The van der Waals surface area contributed by atoms with Crippen molar-refractivity contribution < 1.29 is 19.4 Å². The Morgan fingerprint density at radius 1 is 0.912 bits per heavy atom. The van der Waals surface area contributed by atoms with Crippen molar-refractivity contribution in [1.82, 2.24) is 0 Å². The highest BCUT2D eigenvalue weighted by atomic mass is 32.1. The molecule has 5 nitrogen and oxygen atoms in total. The summed E-state index contributed by atoms with van der Waals surface area (Å²) >= 11 is 1.18. The number of aryl methyl sites for hydroxylation is 2. The lowest BCUT2D eigenvalue weighted by molar-refractivity contribution is 0.0699. The summed E-state index contributed by atoms with van der Waals surface area (Å²) in [6, 6.07) is 22.1. The van der Waals surface area contributed by atoms with Gasteiger partial charge in [0.1, 0.15) is 17.2 Å². The average Bonchev–Trinajstić information content (AvgIpc) is 3.39. The third-order valence-electron chi connectivity index (χ3n) is 6.38. The van der Waals surface area contributed by atoms with E-state index in [1.54, 1.807) is 5.38 Å². The Morgan fingerprint density at radius 2 is 1.56 bits per heavy atom. The molecule has 2 N–H and O–H groups in total. The summed E-state index contributed by atoms with van der Waals surface area (Å²) in [7, 11) is 0. The number of rotatable bonds is 5. The number of fused-ring (bicyclic) bond motifs is 3. The Hall–Kier alpha value is -3.90. The van der Waals surface area contributed by atoms with Crippen LogP contribution < -0.4 is 5.32 Å². The highest BCUT2D eigenvalue weighted by Crippen LogP contribution is 2.44. The number of ether oxygens (including phenoxy) is 1. The Balaban J connectivity index is 1.35. The number of hydrogen-bond donors (Lipinski definition) is 2. The van der Waals surface area contributed by atoms with Gasteiger partial charge in [0.2, 0.25) is 0 Å². The van der Waals surface area contributed by atoms with Crippen molar-refractivity contribution in [2.24, 2.45) is 0 Å². The van der Waals surface area contributed by atoms with E-state index in [1.165, 1.54) is 11.3 Å². The Labute approximate surface area is 201 Å². The molecule has 0 spiro atoms. The van der Waals surface area contributed by atoms with Gasteiger partial charge in [0.15, 0.2) is 0 Å². The fourth-order valence-corrected chi connectivity index (χ4v) is 5.46. The molecule has 0 radical (unpaired) electrons. The number of carbonyl (C=O) groups excluding carboxylic acids is 1. The van der Waals surface area contributed by atoms with Gasteiger partial charge < -0.3 is 9.84 Å². The minimum Gasteiger partial charge on any atom is -0.478 e. The number of carbonyl (C=O) groups is 2. The van der Waals surface area contributed by atoms with Gasteiger partial charge in [-0.2, -0.15) is 0 Å². The lowest BCUT2D eigenvalue weighted by Gasteiger charge is -2.14. The van der Waals surface area contributed by atoms with E-state index in [9.17, 15) is 14.7 Å². The molecule has 1 aromatic heterocycles. The minimum absolute atomic E-state index is 0.0634. The number of benzene rings is 3. The molecule has 4 aromatic rings. The minimum atomic E-state index is -1.09. The summed E-state index contributed by atoms with van der Waals surface area (Å²) in [4.78, 5) is 24.8. The SMILES string of the molecule is Cc1ccc(-c2csc(NC(=O)OCC3c4ccccc4-c4ccccc43)c2C(=O)O)cc1C. The van der Waals surface area contributed by atoms with Gasteiger partial charge in [0.25, 0.3) is 0 Å². The number of thiophene rings is 1. The molecule has 34 heavy (non-hydrogen) atoms. The van der Waals surface area contributed by atoms with Crippen LogP contribution in [0.25, 0.3) is 22.3 Å². The lowest BCUT2D eigenvalue weighted by atomic mass is 9.98. The monoisotopic (exact) mass is 469 g/mol. The first kappa shape index (κ1) is 21.9. The molecular weight excluding hydrogens is 446 g/mol. The van der Waals surface area contributed by atoms with E-state index in [4.69, 9.17) is 4.74 Å². The zero-order chi connectivity index (χ0) is 23.8. The molecule has 1 heterocycles. The van der Waals surface area contributed by atoms with Crippen LogP contribution in [0.1, 0.15) is 38.5 Å². The lowest BCUT2D eigenvalue weighted by Crippen LogP contribution is -2.18. The molecule has 6 heteroatoms. The van der Waals surface area contributed by atoms with Crippen LogP contribution in [-0.4, -0.2) is 23.8 Å². The fraction of sp³-hybridized carbons (Fsp3) is 0.143. The van der Waals surface area contributed by atoms with Crippen LogP contribution in [0.2, 0.25) is 0 Å². The molecule has 5 rings (SSSR count). The normalized spacial score (nSPS) is 12.2. The average molecular weight is 470 g/mol. The summed E-state index contributed by atoms with van der Waals surface area (Å²) in [5, 5.41) is 14.5. The first-order valence-electron chi connectivity index (χ1n) is 11.0. The topological polar surface area (TPSA) is 75.6 Å². The van der Waals surface area contributed by atoms with E-state index >= 15 is 0 Å². The number of aromatic carboxylic acids is 1. The summed E-state index contributed by atoms with van der Waals surface area (Å²) < 4.78 is 5.59. The second-order valence-corrected chi connectivity index (χ2v) is 9.29. The van der Waals surface area contributed by atoms with Crippen molar-refractivity contribution in [3.05, 3.63) is 99.9 Å². The van der Waals surface area contributed by atoms with Gasteiger partial charge in [0.05, 0.1) is 0 Å². The Bertz CT molecular complexity index is 1380. The van der Waals surface area contributed by atoms with Crippen molar-refractivity contribution in [3.63, 3.8) is 0 Å². The zero-order valence-electron chi connectivity index (χ0n) is 18.8. The maximum Gasteiger partial charge on any atom is 0.412 e. The molecule has 0 aliphatic heterocycles. The molecule has 3 aromatic carbocycles. The molecule has 0 saturated heterocycles. The molecule has 0 unspecified atom stereocenters. The van der Waals surface area contributed by atoms with Gasteiger partial charge in [-0.3, -0.25) is 5.32 Å². The quantitative estimate of drug-likeness (QED) is 0.327. The predicted molar refractivity (Wildman–Crippen MR) is 135 cm³/mol. The van der Waals surface area contributed by atoms with E-state index in [1.807, 2.05) is 56.3 Å².